The number of ether oxygens (including phenoxy) is 1. The van der Waals surface area contributed by atoms with Crippen LogP contribution in [0.1, 0.15) is 31.6 Å². The summed E-state index contributed by atoms with van der Waals surface area (Å²) in [5.74, 6) is -0.213. The molecule has 2 heterocycles. The van der Waals surface area contributed by atoms with Gasteiger partial charge in [0, 0.05) is 38.2 Å². The second-order valence-corrected chi connectivity index (χ2v) is 7.04. The number of aliphatic carboxylic acids is 1. The maximum absolute atomic E-state index is 12.1. The first-order chi connectivity index (χ1) is 13.6. The number of nitrogens with one attached hydrogen (secondary N) is 1. The average molecular weight is 386 g/mol. The van der Waals surface area contributed by atoms with E-state index in [0.29, 0.717) is 44.1 Å². The zero-order valence-corrected chi connectivity index (χ0v) is 15.8. The van der Waals surface area contributed by atoms with E-state index in [4.69, 9.17) is 9.15 Å². The standard InChI is InChI=1S/C21H26N2O5/c24-19(22-13-17(21(25)26)15-9-11-27-12-10-15)7-4-8-20-23-14-18(28-20)16-5-2-1-3-6-16/h1-3,5-6,14-15,17H,4,7-13H2,(H,22,24)(H,25,26). The van der Waals surface area contributed by atoms with E-state index in [1.807, 2.05) is 30.3 Å². The minimum Gasteiger partial charge on any atom is -0.481 e. The van der Waals surface area contributed by atoms with Crippen molar-refractivity contribution in [1.29, 1.82) is 0 Å². The van der Waals surface area contributed by atoms with E-state index in [9.17, 15) is 14.7 Å². The number of oxazole rings is 1. The molecular weight excluding hydrogens is 360 g/mol. The fourth-order valence-corrected chi connectivity index (χ4v) is 3.45. The van der Waals surface area contributed by atoms with E-state index in [1.165, 1.54) is 0 Å². The molecule has 2 N–H and O–H groups in total. The van der Waals surface area contributed by atoms with Crippen molar-refractivity contribution in [2.75, 3.05) is 19.8 Å². The zero-order valence-electron chi connectivity index (χ0n) is 15.8. The molecule has 150 valence electrons. The maximum atomic E-state index is 12.1. The first-order valence-electron chi connectivity index (χ1n) is 9.71. The quantitative estimate of drug-likeness (QED) is 0.687. The van der Waals surface area contributed by atoms with E-state index >= 15 is 0 Å². The Hall–Kier alpha value is -2.67. The number of aryl methyl sites for hydroxylation is 1. The molecule has 2 aromatic rings. The Balaban J connectivity index is 1.40. The number of amides is 1. The fourth-order valence-electron chi connectivity index (χ4n) is 3.45. The van der Waals surface area contributed by atoms with Gasteiger partial charge in [-0.2, -0.15) is 0 Å². The second kappa shape index (κ2) is 10.0. The SMILES string of the molecule is O=C(CCCc1ncc(-c2ccccc2)o1)NCC(C(=O)O)C1CCOCC1. The summed E-state index contributed by atoms with van der Waals surface area (Å²) in [6.45, 7) is 1.34. The van der Waals surface area contributed by atoms with Crippen molar-refractivity contribution < 1.29 is 23.8 Å². The number of carbonyl (C=O) groups excluding carboxylic acids is 1. The van der Waals surface area contributed by atoms with E-state index in [1.54, 1.807) is 6.20 Å². The summed E-state index contributed by atoms with van der Waals surface area (Å²) in [4.78, 5) is 27.9. The van der Waals surface area contributed by atoms with Gasteiger partial charge < -0.3 is 19.6 Å². The zero-order chi connectivity index (χ0) is 19.8. The second-order valence-electron chi connectivity index (χ2n) is 7.04. The molecule has 1 aromatic carbocycles. The molecule has 3 rings (SSSR count). The van der Waals surface area contributed by atoms with Gasteiger partial charge in [0.2, 0.25) is 5.91 Å². The molecule has 1 saturated heterocycles. The van der Waals surface area contributed by atoms with Crippen molar-refractivity contribution >= 4 is 11.9 Å². The molecule has 1 atom stereocenters. The van der Waals surface area contributed by atoms with Crippen LogP contribution in [0.15, 0.2) is 40.9 Å². The predicted molar refractivity (Wildman–Crippen MR) is 103 cm³/mol. The lowest BCUT2D eigenvalue weighted by Crippen LogP contribution is -2.38. The van der Waals surface area contributed by atoms with E-state index < -0.39 is 11.9 Å². The Labute approximate surface area is 164 Å². The summed E-state index contributed by atoms with van der Waals surface area (Å²) in [5.41, 5.74) is 0.965. The van der Waals surface area contributed by atoms with Crippen molar-refractivity contribution in [2.24, 2.45) is 11.8 Å². The summed E-state index contributed by atoms with van der Waals surface area (Å²) >= 11 is 0. The molecule has 0 radical (unpaired) electrons. The molecule has 1 fully saturated rings. The highest BCUT2D eigenvalue weighted by Crippen LogP contribution is 2.24. The Morgan fingerprint density at radius 1 is 1.21 bits per heavy atom. The predicted octanol–water partition coefficient (Wildman–Crippen LogP) is 2.91. The topological polar surface area (TPSA) is 102 Å². The van der Waals surface area contributed by atoms with Crippen LogP contribution < -0.4 is 5.32 Å². The molecule has 0 saturated carbocycles. The van der Waals surface area contributed by atoms with Gasteiger partial charge in [0.05, 0.1) is 12.1 Å². The van der Waals surface area contributed by atoms with Crippen molar-refractivity contribution in [2.45, 2.75) is 32.1 Å². The van der Waals surface area contributed by atoms with Gasteiger partial charge in [0.15, 0.2) is 11.7 Å². The largest absolute Gasteiger partial charge is 0.481 e. The summed E-state index contributed by atoms with van der Waals surface area (Å²) in [6.07, 6.45) is 4.60. The number of benzene rings is 1. The van der Waals surface area contributed by atoms with Crippen LogP contribution in [-0.2, 0) is 20.7 Å². The van der Waals surface area contributed by atoms with Crippen LogP contribution in [-0.4, -0.2) is 41.7 Å². The van der Waals surface area contributed by atoms with Gasteiger partial charge in [-0.15, -0.1) is 0 Å². The van der Waals surface area contributed by atoms with Crippen molar-refractivity contribution in [3.8, 4) is 11.3 Å². The maximum Gasteiger partial charge on any atom is 0.308 e. The Morgan fingerprint density at radius 2 is 1.96 bits per heavy atom. The highest BCUT2D eigenvalue weighted by atomic mass is 16.5. The van der Waals surface area contributed by atoms with Crippen molar-refractivity contribution in [1.82, 2.24) is 10.3 Å². The highest BCUT2D eigenvalue weighted by molar-refractivity contribution is 5.77. The third-order valence-corrected chi connectivity index (χ3v) is 5.08. The van der Waals surface area contributed by atoms with Crippen LogP contribution in [0.25, 0.3) is 11.3 Å². The number of nitrogens with zero attached hydrogens (tertiary/aromatic N) is 1. The van der Waals surface area contributed by atoms with Crippen molar-refractivity contribution in [3.63, 3.8) is 0 Å². The number of rotatable bonds is 9. The number of carboxylic acids is 1. The summed E-state index contributed by atoms with van der Waals surface area (Å²) in [7, 11) is 0. The van der Waals surface area contributed by atoms with Gasteiger partial charge in [-0.05, 0) is 25.2 Å². The number of aromatic nitrogens is 1. The van der Waals surface area contributed by atoms with Crippen LogP contribution in [0.5, 0.6) is 0 Å². The van der Waals surface area contributed by atoms with Gasteiger partial charge in [0.1, 0.15) is 0 Å². The van der Waals surface area contributed by atoms with Gasteiger partial charge >= 0.3 is 5.97 Å². The molecule has 28 heavy (non-hydrogen) atoms. The molecule has 1 amide bonds. The Bertz CT molecular complexity index is 768. The van der Waals surface area contributed by atoms with Crippen LogP contribution in [0.2, 0.25) is 0 Å². The third kappa shape index (κ3) is 5.66. The van der Waals surface area contributed by atoms with Crippen LogP contribution in [0.3, 0.4) is 0 Å². The third-order valence-electron chi connectivity index (χ3n) is 5.08. The molecular formula is C21H26N2O5. The molecule has 7 heteroatoms. The Kier molecular flexibility index (Phi) is 7.19. The van der Waals surface area contributed by atoms with E-state index in [2.05, 4.69) is 10.3 Å². The lowest BCUT2D eigenvalue weighted by atomic mass is 9.86. The number of carbonyl (C=O) groups is 2. The summed E-state index contributed by atoms with van der Waals surface area (Å²) in [6, 6.07) is 9.72. The summed E-state index contributed by atoms with van der Waals surface area (Å²) < 4.78 is 11.0. The lowest BCUT2D eigenvalue weighted by Gasteiger charge is -2.27. The molecule has 0 aliphatic carbocycles. The normalized spacial score (nSPS) is 15.9. The van der Waals surface area contributed by atoms with Crippen molar-refractivity contribution in [3.05, 3.63) is 42.4 Å². The monoisotopic (exact) mass is 386 g/mol. The molecule has 0 spiro atoms. The van der Waals surface area contributed by atoms with Crippen LogP contribution >= 0.6 is 0 Å². The lowest BCUT2D eigenvalue weighted by molar-refractivity contribution is -0.145. The molecule has 1 aliphatic rings. The fraction of sp³-hybridized carbons (Fsp3) is 0.476. The van der Waals surface area contributed by atoms with Crippen LogP contribution in [0.4, 0.5) is 0 Å². The molecule has 1 unspecified atom stereocenters. The first kappa shape index (κ1) is 20.1. The highest BCUT2D eigenvalue weighted by Gasteiger charge is 2.29. The molecule has 1 aromatic heterocycles. The number of hydrogen-bond acceptors (Lipinski definition) is 5. The smallest absolute Gasteiger partial charge is 0.308 e. The minimum absolute atomic E-state index is 0.0512. The average Bonchev–Trinajstić information content (AvgIpc) is 3.18. The first-order valence-corrected chi connectivity index (χ1v) is 9.71. The van der Waals surface area contributed by atoms with E-state index in [0.717, 1.165) is 18.4 Å². The summed E-state index contributed by atoms with van der Waals surface area (Å²) in [5, 5.41) is 12.2. The molecule has 1 aliphatic heterocycles. The van der Waals surface area contributed by atoms with Gasteiger partial charge in [-0.25, -0.2) is 4.98 Å². The van der Waals surface area contributed by atoms with E-state index in [-0.39, 0.29) is 18.4 Å². The van der Waals surface area contributed by atoms with Gasteiger partial charge in [-0.1, -0.05) is 30.3 Å². The Morgan fingerprint density at radius 3 is 2.68 bits per heavy atom. The molecule has 0 bridgehead atoms. The minimum atomic E-state index is -0.861. The molecule has 7 nitrogen and oxygen atoms in total. The number of hydrogen-bond donors (Lipinski definition) is 2. The van der Waals surface area contributed by atoms with Gasteiger partial charge in [-0.3, -0.25) is 9.59 Å². The number of carboxylic acid groups (broad SMARTS) is 1. The van der Waals surface area contributed by atoms with Gasteiger partial charge in [0.25, 0.3) is 0 Å². The van der Waals surface area contributed by atoms with Crippen LogP contribution in [0, 0.1) is 11.8 Å².